The van der Waals surface area contributed by atoms with Crippen molar-refractivity contribution < 1.29 is 25.0 Å². The number of nitro benzene ring substituents is 1. The maximum Gasteiger partial charge on any atom is 0.311 e. The molecule has 0 saturated heterocycles. The van der Waals surface area contributed by atoms with Crippen LogP contribution in [0.1, 0.15) is 15.9 Å². The van der Waals surface area contributed by atoms with Gasteiger partial charge in [-0.05, 0) is 24.3 Å². The fourth-order valence-electron chi connectivity index (χ4n) is 1.67. The van der Waals surface area contributed by atoms with Crippen molar-refractivity contribution in [2.24, 2.45) is 5.10 Å². The molecule has 2 rings (SSSR count). The lowest BCUT2D eigenvalue weighted by molar-refractivity contribution is -0.385. The predicted molar refractivity (Wildman–Crippen MR) is 79.6 cm³/mol. The minimum atomic E-state index is -0.818. The Balaban J connectivity index is 2.14. The van der Waals surface area contributed by atoms with E-state index in [0.29, 0.717) is 0 Å². The molecule has 118 valence electrons. The van der Waals surface area contributed by atoms with Crippen molar-refractivity contribution in [1.29, 1.82) is 0 Å². The zero-order chi connectivity index (χ0) is 17.0. The molecule has 1 amide bonds. The molecule has 2 aromatic rings. The fraction of sp³-hybridized carbons (Fsp3) is 0. The normalized spacial score (nSPS) is 10.6. The number of phenolic OH excluding ortho intramolecular Hbond substituents is 3. The molecule has 9 nitrogen and oxygen atoms in total. The number of carbonyl (C=O) groups excluding carboxylic acids is 1. The van der Waals surface area contributed by atoms with E-state index in [4.69, 9.17) is 5.11 Å². The topological polar surface area (TPSA) is 145 Å². The van der Waals surface area contributed by atoms with Gasteiger partial charge in [-0.3, -0.25) is 14.9 Å². The molecule has 0 aliphatic heterocycles. The van der Waals surface area contributed by atoms with Crippen LogP contribution >= 0.6 is 0 Å². The van der Waals surface area contributed by atoms with Gasteiger partial charge >= 0.3 is 5.69 Å². The van der Waals surface area contributed by atoms with E-state index in [1.807, 2.05) is 0 Å². The van der Waals surface area contributed by atoms with Gasteiger partial charge in [-0.2, -0.15) is 5.10 Å². The minimum Gasteiger partial charge on any atom is -0.508 e. The van der Waals surface area contributed by atoms with Crippen LogP contribution in [0.5, 0.6) is 17.2 Å². The Kier molecular flexibility index (Phi) is 4.41. The summed E-state index contributed by atoms with van der Waals surface area (Å²) < 4.78 is 0. The van der Waals surface area contributed by atoms with E-state index in [-0.39, 0.29) is 16.9 Å². The van der Waals surface area contributed by atoms with E-state index in [0.717, 1.165) is 18.3 Å². The lowest BCUT2D eigenvalue weighted by atomic mass is 10.2. The van der Waals surface area contributed by atoms with Gasteiger partial charge < -0.3 is 15.3 Å². The maximum atomic E-state index is 11.7. The van der Waals surface area contributed by atoms with Crippen LogP contribution in [0.3, 0.4) is 0 Å². The number of rotatable bonds is 4. The van der Waals surface area contributed by atoms with Crippen LogP contribution in [0.15, 0.2) is 41.5 Å². The number of hydrogen-bond donors (Lipinski definition) is 4. The summed E-state index contributed by atoms with van der Waals surface area (Å²) in [6, 6.07) is 7.13. The Bertz CT molecular complexity index is 786. The molecule has 0 aliphatic carbocycles. The quantitative estimate of drug-likeness (QED) is 0.381. The van der Waals surface area contributed by atoms with Crippen molar-refractivity contribution in [2.45, 2.75) is 0 Å². The molecule has 0 unspecified atom stereocenters. The smallest absolute Gasteiger partial charge is 0.311 e. The minimum absolute atomic E-state index is 0.00590. The molecule has 9 heteroatoms. The van der Waals surface area contributed by atoms with Crippen LogP contribution < -0.4 is 5.43 Å². The summed E-state index contributed by atoms with van der Waals surface area (Å²) in [6.45, 7) is 0. The van der Waals surface area contributed by atoms with E-state index < -0.39 is 28.0 Å². The Morgan fingerprint density at radius 2 is 1.78 bits per heavy atom. The highest BCUT2D eigenvalue weighted by Crippen LogP contribution is 2.31. The van der Waals surface area contributed by atoms with E-state index >= 15 is 0 Å². The molecule has 0 fully saturated rings. The highest BCUT2D eigenvalue weighted by atomic mass is 16.6. The van der Waals surface area contributed by atoms with Crippen molar-refractivity contribution in [3.63, 3.8) is 0 Å². The molecule has 0 atom stereocenters. The Hall–Kier alpha value is -3.62. The standard InChI is InChI=1S/C14H11N3O6/c18-10-3-1-8(2-4-10)14(21)16-15-7-9-5-11(17(22)23)13(20)6-12(9)19/h1-7,18-20H,(H,16,21)/b15-7-. The highest BCUT2D eigenvalue weighted by molar-refractivity contribution is 5.95. The number of nitrogens with zero attached hydrogens (tertiary/aromatic N) is 2. The van der Waals surface area contributed by atoms with Gasteiger partial charge in [-0.1, -0.05) is 0 Å². The third kappa shape index (κ3) is 3.73. The van der Waals surface area contributed by atoms with Crippen LogP contribution in [-0.4, -0.2) is 32.4 Å². The summed E-state index contributed by atoms with van der Waals surface area (Å²) >= 11 is 0. The van der Waals surface area contributed by atoms with Crippen LogP contribution in [-0.2, 0) is 0 Å². The Morgan fingerprint density at radius 1 is 1.13 bits per heavy atom. The summed E-state index contributed by atoms with van der Waals surface area (Å²) in [6.07, 6.45) is 1.00. The molecule has 0 spiro atoms. The van der Waals surface area contributed by atoms with Gasteiger partial charge in [-0.15, -0.1) is 0 Å². The van der Waals surface area contributed by atoms with E-state index in [1.54, 1.807) is 0 Å². The van der Waals surface area contributed by atoms with Crippen molar-refractivity contribution in [3.8, 4) is 17.2 Å². The zero-order valence-electron chi connectivity index (χ0n) is 11.5. The van der Waals surface area contributed by atoms with Crippen LogP contribution in [0.4, 0.5) is 5.69 Å². The third-order valence-electron chi connectivity index (χ3n) is 2.82. The first-order valence-corrected chi connectivity index (χ1v) is 6.21. The largest absolute Gasteiger partial charge is 0.508 e. The number of benzene rings is 2. The molecule has 4 N–H and O–H groups in total. The first kappa shape index (κ1) is 15.8. The fourth-order valence-corrected chi connectivity index (χ4v) is 1.67. The number of nitro groups is 1. The second-order valence-corrected chi connectivity index (χ2v) is 4.40. The van der Waals surface area contributed by atoms with Gasteiger partial charge in [0.15, 0.2) is 5.75 Å². The lowest BCUT2D eigenvalue weighted by Gasteiger charge is -2.02. The molecule has 23 heavy (non-hydrogen) atoms. The Morgan fingerprint density at radius 3 is 2.39 bits per heavy atom. The molecular formula is C14H11N3O6. The summed E-state index contributed by atoms with van der Waals surface area (Å²) in [5, 5.41) is 42.3. The van der Waals surface area contributed by atoms with Crippen LogP contribution in [0.25, 0.3) is 0 Å². The number of hydrazone groups is 1. The monoisotopic (exact) mass is 317 g/mol. The summed E-state index contributed by atoms with van der Waals surface area (Å²) in [5.74, 6) is -1.69. The number of amides is 1. The first-order chi connectivity index (χ1) is 10.9. The number of hydrogen-bond acceptors (Lipinski definition) is 7. The SMILES string of the molecule is O=C(N/N=C\c1cc([N+](=O)[O-])c(O)cc1O)c1ccc(O)cc1. The maximum absolute atomic E-state index is 11.7. The lowest BCUT2D eigenvalue weighted by Crippen LogP contribution is -2.17. The van der Waals surface area contributed by atoms with Gasteiger partial charge in [0, 0.05) is 23.3 Å². The van der Waals surface area contributed by atoms with Crippen molar-refractivity contribution >= 4 is 17.8 Å². The van der Waals surface area contributed by atoms with Gasteiger partial charge in [0.25, 0.3) is 5.91 Å². The first-order valence-electron chi connectivity index (χ1n) is 6.21. The van der Waals surface area contributed by atoms with Gasteiger partial charge in [0.1, 0.15) is 11.5 Å². The van der Waals surface area contributed by atoms with E-state index in [9.17, 15) is 25.1 Å². The molecule has 0 aromatic heterocycles. The predicted octanol–water partition coefficient (Wildman–Crippen LogP) is 1.48. The third-order valence-corrected chi connectivity index (χ3v) is 2.82. The van der Waals surface area contributed by atoms with Crippen molar-refractivity contribution in [1.82, 2.24) is 5.43 Å². The van der Waals surface area contributed by atoms with Gasteiger partial charge in [-0.25, -0.2) is 5.43 Å². The van der Waals surface area contributed by atoms with Gasteiger partial charge in [0.2, 0.25) is 0 Å². The molecular weight excluding hydrogens is 306 g/mol. The molecule has 0 saturated carbocycles. The molecule has 0 radical (unpaired) electrons. The van der Waals surface area contributed by atoms with E-state index in [1.165, 1.54) is 24.3 Å². The summed E-state index contributed by atoms with van der Waals surface area (Å²) in [7, 11) is 0. The average molecular weight is 317 g/mol. The second kappa shape index (κ2) is 6.43. The number of phenols is 3. The Labute approximate surface area is 129 Å². The molecule has 0 heterocycles. The average Bonchev–Trinajstić information content (AvgIpc) is 2.49. The molecule has 0 aliphatic rings. The number of nitrogens with one attached hydrogen (secondary N) is 1. The van der Waals surface area contributed by atoms with Crippen molar-refractivity contribution in [3.05, 3.63) is 57.6 Å². The summed E-state index contributed by atoms with van der Waals surface area (Å²) in [4.78, 5) is 21.6. The number of carbonyl (C=O) groups is 1. The van der Waals surface area contributed by atoms with Gasteiger partial charge in [0.05, 0.1) is 11.1 Å². The van der Waals surface area contributed by atoms with E-state index in [2.05, 4.69) is 10.5 Å². The van der Waals surface area contributed by atoms with Crippen molar-refractivity contribution in [2.75, 3.05) is 0 Å². The second-order valence-electron chi connectivity index (χ2n) is 4.40. The highest BCUT2D eigenvalue weighted by Gasteiger charge is 2.16. The number of aromatic hydroxyl groups is 3. The molecule has 0 bridgehead atoms. The summed E-state index contributed by atoms with van der Waals surface area (Å²) in [5.41, 5.74) is 1.74. The zero-order valence-corrected chi connectivity index (χ0v) is 11.5. The molecule has 2 aromatic carbocycles. The van der Waals surface area contributed by atoms with Crippen LogP contribution in [0, 0.1) is 10.1 Å². The van der Waals surface area contributed by atoms with Crippen LogP contribution in [0.2, 0.25) is 0 Å².